The number of carbonyl (C=O) groups excluding carboxylic acids is 1. The van der Waals surface area contributed by atoms with Crippen LogP contribution < -0.4 is 5.73 Å². The van der Waals surface area contributed by atoms with Gasteiger partial charge in [-0.15, -0.1) is 0 Å². The molecule has 1 atom stereocenters. The number of anilines is 1. The van der Waals surface area contributed by atoms with Crippen LogP contribution in [0, 0.1) is 0 Å². The monoisotopic (exact) mass is 287 g/mol. The third-order valence-electron chi connectivity index (χ3n) is 1.92. The largest absolute Gasteiger partial charge is 0.462 e. The maximum Gasteiger partial charge on any atom is 0.338 e. The number of ether oxygens (including phenoxy) is 1. The summed E-state index contributed by atoms with van der Waals surface area (Å²) in [5, 5.41) is 9.01. The second-order valence-electron chi connectivity index (χ2n) is 3.55. The highest BCUT2D eigenvalue weighted by Crippen LogP contribution is 2.18. The molecule has 0 aliphatic heterocycles. The Kier molecular flexibility index (Phi) is 4.76. The van der Waals surface area contributed by atoms with Gasteiger partial charge in [-0.05, 0) is 25.1 Å². The summed E-state index contributed by atoms with van der Waals surface area (Å²) in [5.74, 6) is -0.436. The Hall–Kier alpha value is -1.07. The van der Waals surface area contributed by atoms with Gasteiger partial charge >= 0.3 is 5.97 Å². The SMILES string of the molecule is CC(O)CCOC(=O)c1cc(N)cc(Br)c1. The van der Waals surface area contributed by atoms with Crippen molar-refractivity contribution in [2.24, 2.45) is 0 Å². The fourth-order valence-electron chi connectivity index (χ4n) is 1.14. The molecule has 0 heterocycles. The van der Waals surface area contributed by atoms with Crippen molar-refractivity contribution in [3.05, 3.63) is 28.2 Å². The minimum atomic E-state index is -0.472. The minimum absolute atomic E-state index is 0.197. The number of carbonyl (C=O) groups is 1. The van der Waals surface area contributed by atoms with Gasteiger partial charge in [0, 0.05) is 16.6 Å². The summed E-state index contributed by atoms with van der Waals surface area (Å²) in [6.45, 7) is 1.84. The van der Waals surface area contributed by atoms with Crippen LogP contribution in [0.4, 0.5) is 5.69 Å². The van der Waals surface area contributed by atoms with E-state index >= 15 is 0 Å². The van der Waals surface area contributed by atoms with Gasteiger partial charge in [-0.1, -0.05) is 15.9 Å². The molecular weight excluding hydrogens is 274 g/mol. The molecular formula is C11H14BrNO3. The van der Waals surface area contributed by atoms with E-state index in [0.29, 0.717) is 17.7 Å². The molecule has 4 nitrogen and oxygen atoms in total. The highest BCUT2D eigenvalue weighted by atomic mass is 79.9. The number of nitrogen functional groups attached to an aromatic ring is 1. The van der Waals surface area contributed by atoms with Gasteiger partial charge < -0.3 is 15.6 Å². The highest BCUT2D eigenvalue weighted by Gasteiger charge is 2.09. The Morgan fingerprint density at radius 2 is 2.25 bits per heavy atom. The lowest BCUT2D eigenvalue weighted by Gasteiger charge is -2.07. The van der Waals surface area contributed by atoms with Gasteiger partial charge in [0.1, 0.15) is 0 Å². The number of rotatable bonds is 4. The summed E-state index contributed by atoms with van der Waals surface area (Å²) in [6.07, 6.45) is -0.0461. The summed E-state index contributed by atoms with van der Waals surface area (Å²) < 4.78 is 5.71. The molecule has 1 aromatic rings. The summed E-state index contributed by atoms with van der Waals surface area (Å²) in [5.41, 5.74) is 6.49. The average Bonchev–Trinajstić information content (AvgIpc) is 2.15. The Bertz CT molecular complexity index is 359. The predicted octanol–water partition coefficient (Wildman–Crippen LogP) is 1.96. The van der Waals surface area contributed by atoms with Gasteiger partial charge in [-0.25, -0.2) is 4.79 Å². The van der Waals surface area contributed by atoms with Crippen molar-refractivity contribution < 1.29 is 14.6 Å². The summed E-state index contributed by atoms with van der Waals surface area (Å²) in [7, 11) is 0. The molecule has 5 heteroatoms. The van der Waals surface area contributed by atoms with E-state index in [1.54, 1.807) is 25.1 Å². The normalized spacial score (nSPS) is 12.2. The number of hydrogen-bond donors (Lipinski definition) is 2. The van der Waals surface area contributed by atoms with Gasteiger partial charge in [-0.3, -0.25) is 0 Å². The van der Waals surface area contributed by atoms with E-state index in [0.717, 1.165) is 4.47 Å². The van der Waals surface area contributed by atoms with E-state index in [1.807, 2.05) is 0 Å². The Balaban J connectivity index is 2.59. The maximum atomic E-state index is 11.6. The van der Waals surface area contributed by atoms with E-state index in [9.17, 15) is 4.79 Å². The number of hydrogen-bond acceptors (Lipinski definition) is 4. The Labute approximate surface area is 103 Å². The zero-order valence-corrected chi connectivity index (χ0v) is 10.5. The minimum Gasteiger partial charge on any atom is -0.462 e. The first-order valence-electron chi connectivity index (χ1n) is 4.90. The zero-order chi connectivity index (χ0) is 12.1. The van der Waals surface area contributed by atoms with Crippen molar-refractivity contribution in [3.8, 4) is 0 Å². The van der Waals surface area contributed by atoms with Crippen LogP contribution in [0.2, 0.25) is 0 Å². The molecule has 0 aliphatic rings. The molecule has 16 heavy (non-hydrogen) atoms. The Morgan fingerprint density at radius 1 is 1.56 bits per heavy atom. The number of halogens is 1. The molecule has 0 bridgehead atoms. The van der Waals surface area contributed by atoms with E-state index in [2.05, 4.69) is 15.9 Å². The molecule has 0 radical (unpaired) electrons. The molecule has 0 aromatic heterocycles. The molecule has 1 aromatic carbocycles. The van der Waals surface area contributed by atoms with Crippen LogP contribution in [-0.2, 0) is 4.74 Å². The fraction of sp³-hybridized carbons (Fsp3) is 0.364. The van der Waals surface area contributed by atoms with Crippen molar-refractivity contribution in [2.75, 3.05) is 12.3 Å². The number of esters is 1. The maximum absolute atomic E-state index is 11.6. The molecule has 0 spiro atoms. The molecule has 0 saturated heterocycles. The van der Waals surface area contributed by atoms with Crippen LogP contribution >= 0.6 is 15.9 Å². The summed E-state index contributed by atoms with van der Waals surface area (Å²) >= 11 is 3.24. The lowest BCUT2D eigenvalue weighted by atomic mass is 10.2. The van der Waals surface area contributed by atoms with Crippen molar-refractivity contribution >= 4 is 27.6 Å². The third kappa shape index (κ3) is 4.20. The van der Waals surface area contributed by atoms with E-state index in [-0.39, 0.29) is 6.61 Å². The van der Waals surface area contributed by atoms with Crippen LogP contribution in [0.1, 0.15) is 23.7 Å². The first kappa shape index (κ1) is 13.0. The molecule has 0 saturated carbocycles. The van der Waals surface area contributed by atoms with Gasteiger partial charge in [-0.2, -0.15) is 0 Å². The smallest absolute Gasteiger partial charge is 0.338 e. The quantitative estimate of drug-likeness (QED) is 0.656. The van der Waals surface area contributed by atoms with Crippen molar-refractivity contribution in [2.45, 2.75) is 19.4 Å². The molecule has 3 N–H and O–H groups in total. The summed E-state index contributed by atoms with van der Waals surface area (Å²) in [6, 6.07) is 4.89. The summed E-state index contributed by atoms with van der Waals surface area (Å²) in [4.78, 5) is 11.6. The van der Waals surface area contributed by atoms with Crippen LogP contribution in [0.5, 0.6) is 0 Å². The lowest BCUT2D eigenvalue weighted by Crippen LogP contribution is -2.11. The molecule has 88 valence electrons. The van der Waals surface area contributed by atoms with Gasteiger partial charge in [0.25, 0.3) is 0 Å². The second-order valence-corrected chi connectivity index (χ2v) is 4.46. The van der Waals surface area contributed by atoms with Crippen molar-refractivity contribution in [3.63, 3.8) is 0 Å². The zero-order valence-electron chi connectivity index (χ0n) is 8.94. The standard InChI is InChI=1S/C11H14BrNO3/c1-7(14)2-3-16-11(15)8-4-9(12)6-10(13)5-8/h4-7,14H,2-3,13H2,1H3. The second kappa shape index (κ2) is 5.86. The van der Waals surface area contributed by atoms with E-state index in [4.69, 9.17) is 15.6 Å². The third-order valence-corrected chi connectivity index (χ3v) is 2.38. The fourth-order valence-corrected chi connectivity index (χ4v) is 1.65. The molecule has 0 aliphatic carbocycles. The number of nitrogens with two attached hydrogens (primary N) is 1. The molecule has 0 fully saturated rings. The van der Waals surface area contributed by atoms with Gasteiger partial charge in [0.05, 0.1) is 18.3 Å². The number of aliphatic hydroxyl groups excluding tert-OH is 1. The van der Waals surface area contributed by atoms with Crippen LogP contribution in [0.3, 0.4) is 0 Å². The van der Waals surface area contributed by atoms with Crippen LogP contribution in [0.15, 0.2) is 22.7 Å². The van der Waals surface area contributed by atoms with Crippen molar-refractivity contribution in [1.82, 2.24) is 0 Å². The van der Waals surface area contributed by atoms with Crippen LogP contribution in [0.25, 0.3) is 0 Å². The average molecular weight is 288 g/mol. The van der Waals surface area contributed by atoms with Crippen LogP contribution in [-0.4, -0.2) is 23.8 Å². The first-order chi connectivity index (χ1) is 7.49. The van der Waals surface area contributed by atoms with Gasteiger partial charge in [0.2, 0.25) is 0 Å². The van der Waals surface area contributed by atoms with E-state index in [1.165, 1.54) is 0 Å². The molecule has 1 rings (SSSR count). The van der Waals surface area contributed by atoms with E-state index < -0.39 is 12.1 Å². The lowest BCUT2D eigenvalue weighted by molar-refractivity contribution is 0.0444. The highest BCUT2D eigenvalue weighted by molar-refractivity contribution is 9.10. The first-order valence-corrected chi connectivity index (χ1v) is 5.69. The van der Waals surface area contributed by atoms with Gasteiger partial charge in [0.15, 0.2) is 0 Å². The topological polar surface area (TPSA) is 72.5 Å². The predicted molar refractivity (Wildman–Crippen MR) is 65.1 cm³/mol. The Morgan fingerprint density at radius 3 is 2.81 bits per heavy atom. The molecule has 0 amide bonds. The number of benzene rings is 1. The number of aliphatic hydroxyl groups is 1. The van der Waals surface area contributed by atoms with Crippen molar-refractivity contribution in [1.29, 1.82) is 0 Å². The molecule has 1 unspecified atom stereocenters.